The van der Waals surface area contributed by atoms with Crippen LogP contribution in [0.15, 0.2) is 41.5 Å². The summed E-state index contributed by atoms with van der Waals surface area (Å²) >= 11 is 0. The molecule has 5 rings (SSSR count). The number of rotatable bonds is 10. The van der Waals surface area contributed by atoms with Gasteiger partial charge in [-0.2, -0.15) is 5.09 Å². The molecule has 2 aliphatic rings. The standard InChI is InChI=1S/C26H32N5O9P/c1-13(2)39-26(34)15(4)30-41(35,40-21-8-6-7-20-23(21)37-12-36-20)38-10-17-14(3)18(9-19(17)32)31-11-27-22-24(31)28-16(5)29-25(22)33/h6-8,11,13,15,17-19,32H,3,9-10,12H2,1-2,4-5H3,(H,30,35)(H,28,29,33)/t15-,17-,18-,19-,41-/m0/s1. The second-order valence-electron chi connectivity index (χ2n) is 10.2. The highest BCUT2D eigenvalue weighted by molar-refractivity contribution is 7.52. The number of aryl methyl sites for hydroxylation is 1. The first-order valence-corrected chi connectivity index (χ1v) is 14.6. The van der Waals surface area contributed by atoms with Crippen molar-refractivity contribution in [2.75, 3.05) is 13.4 Å². The summed E-state index contributed by atoms with van der Waals surface area (Å²) < 4.78 is 43.5. The van der Waals surface area contributed by atoms with Crippen LogP contribution in [0.2, 0.25) is 0 Å². The second kappa shape index (κ2) is 11.3. The molecule has 14 nitrogen and oxygen atoms in total. The Kier molecular flexibility index (Phi) is 7.93. The smallest absolute Gasteiger partial charge is 0.459 e. The van der Waals surface area contributed by atoms with Gasteiger partial charge in [-0.1, -0.05) is 12.6 Å². The zero-order valence-corrected chi connectivity index (χ0v) is 23.9. The van der Waals surface area contributed by atoms with Gasteiger partial charge in [-0.3, -0.25) is 14.1 Å². The molecule has 1 saturated carbocycles. The maximum absolute atomic E-state index is 14.1. The van der Waals surface area contributed by atoms with Gasteiger partial charge >= 0.3 is 13.7 Å². The Hall–Kier alpha value is -3.71. The summed E-state index contributed by atoms with van der Waals surface area (Å²) in [5.41, 5.74) is 0.724. The van der Waals surface area contributed by atoms with E-state index in [0.29, 0.717) is 22.8 Å². The number of imidazole rings is 1. The number of nitrogens with zero attached hydrogens (tertiary/aromatic N) is 3. The molecule has 0 radical (unpaired) electrons. The highest BCUT2D eigenvalue weighted by Gasteiger charge is 2.42. The van der Waals surface area contributed by atoms with E-state index in [1.807, 2.05) is 0 Å². The van der Waals surface area contributed by atoms with Crippen LogP contribution in [0.3, 0.4) is 0 Å². The number of para-hydroxylation sites is 1. The molecule has 3 aromatic rings. The van der Waals surface area contributed by atoms with E-state index < -0.39 is 43.9 Å². The van der Waals surface area contributed by atoms with Crippen LogP contribution in [0.4, 0.5) is 0 Å². The zero-order chi connectivity index (χ0) is 29.5. The molecule has 1 fully saturated rings. The Morgan fingerprint density at radius 1 is 1.34 bits per heavy atom. The van der Waals surface area contributed by atoms with E-state index in [1.165, 1.54) is 19.3 Å². The minimum absolute atomic E-state index is 0.0376. The molecule has 0 amide bonds. The van der Waals surface area contributed by atoms with Gasteiger partial charge in [-0.05, 0) is 51.8 Å². The van der Waals surface area contributed by atoms with Crippen molar-refractivity contribution in [3.63, 3.8) is 0 Å². The van der Waals surface area contributed by atoms with Crippen molar-refractivity contribution in [2.24, 2.45) is 5.92 Å². The van der Waals surface area contributed by atoms with Crippen molar-refractivity contribution >= 4 is 24.9 Å². The Morgan fingerprint density at radius 2 is 2.12 bits per heavy atom. The number of ether oxygens (including phenoxy) is 3. The number of aliphatic hydroxyl groups is 1. The Balaban J connectivity index is 1.37. The topological polar surface area (TPSA) is 176 Å². The van der Waals surface area contributed by atoms with Gasteiger partial charge in [0.2, 0.25) is 12.5 Å². The van der Waals surface area contributed by atoms with Crippen molar-refractivity contribution in [3.05, 3.63) is 52.9 Å². The van der Waals surface area contributed by atoms with Gasteiger partial charge in [0.25, 0.3) is 5.56 Å². The lowest BCUT2D eigenvalue weighted by atomic mass is 10.0. The van der Waals surface area contributed by atoms with E-state index in [2.05, 4.69) is 26.6 Å². The van der Waals surface area contributed by atoms with Crippen LogP contribution in [-0.4, -0.2) is 62.2 Å². The number of aliphatic hydroxyl groups excluding tert-OH is 1. The van der Waals surface area contributed by atoms with Crippen molar-refractivity contribution in [2.45, 2.75) is 58.4 Å². The summed E-state index contributed by atoms with van der Waals surface area (Å²) in [6, 6.07) is 3.31. The Labute approximate surface area is 235 Å². The summed E-state index contributed by atoms with van der Waals surface area (Å²) in [5, 5.41) is 13.6. The Bertz CT molecular complexity index is 1590. The highest BCUT2D eigenvalue weighted by atomic mass is 31.2. The lowest BCUT2D eigenvalue weighted by Gasteiger charge is -2.26. The molecule has 3 N–H and O–H groups in total. The van der Waals surface area contributed by atoms with Gasteiger partial charge < -0.3 is 33.4 Å². The van der Waals surface area contributed by atoms with Gasteiger partial charge in [0.1, 0.15) is 11.9 Å². The van der Waals surface area contributed by atoms with E-state index in [4.69, 9.17) is 23.3 Å². The van der Waals surface area contributed by atoms with Gasteiger partial charge in [0, 0.05) is 5.92 Å². The lowest BCUT2D eigenvalue weighted by Crippen LogP contribution is -2.36. The first-order valence-electron chi connectivity index (χ1n) is 13.1. The number of H-pyrrole nitrogens is 1. The number of aromatic nitrogens is 4. The molecule has 0 saturated heterocycles. The number of esters is 1. The number of carbonyl (C=O) groups excluding carboxylic acids is 1. The normalized spacial score (nSPS) is 22.2. The molecular weight excluding hydrogens is 557 g/mol. The van der Waals surface area contributed by atoms with Crippen LogP contribution in [0.25, 0.3) is 11.2 Å². The number of hydrogen-bond donors (Lipinski definition) is 3. The van der Waals surface area contributed by atoms with Crippen molar-refractivity contribution in [3.8, 4) is 17.2 Å². The van der Waals surface area contributed by atoms with Crippen LogP contribution >= 0.6 is 7.75 Å². The largest absolute Gasteiger partial charge is 0.462 e. The van der Waals surface area contributed by atoms with Gasteiger partial charge in [-0.15, -0.1) is 0 Å². The maximum atomic E-state index is 14.1. The molecule has 41 heavy (non-hydrogen) atoms. The predicted molar refractivity (Wildman–Crippen MR) is 146 cm³/mol. The zero-order valence-electron chi connectivity index (χ0n) is 23.0. The summed E-state index contributed by atoms with van der Waals surface area (Å²) in [6.07, 6.45) is 0.396. The first kappa shape index (κ1) is 28.8. The molecule has 0 bridgehead atoms. The summed E-state index contributed by atoms with van der Waals surface area (Å²) in [4.78, 5) is 36.0. The molecular formula is C26H32N5O9P. The number of carbonyl (C=O) groups is 1. The molecule has 1 aliphatic heterocycles. The number of hydrogen-bond acceptors (Lipinski definition) is 11. The number of aromatic amines is 1. The first-order chi connectivity index (χ1) is 19.5. The quantitative estimate of drug-likeness (QED) is 0.179. The average Bonchev–Trinajstić information content (AvgIpc) is 3.60. The van der Waals surface area contributed by atoms with Gasteiger partial charge in [0.15, 0.2) is 22.7 Å². The maximum Gasteiger partial charge on any atom is 0.459 e. The monoisotopic (exact) mass is 589 g/mol. The molecule has 5 atom stereocenters. The molecule has 2 aromatic heterocycles. The molecule has 220 valence electrons. The molecule has 15 heteroatoms. The van der Waals surface area contributed by atoms with Crippen LogP contribution < -0.4 is 24.6 Å². The van der Waals surface area contributed by atoms with Gasteiger partial charge in [0.05, 0.1) is 31.2 Å². The fraction of sp³-hybridized carbons (Fsp3) is 0.462. The third-order valence-corrected chi connectivity index (χ3v) is 8.41. The molecule has 0 spiro atoms. The van der Waals surface area contributed by atoms with Crippen LogP contribution in [-0.2, 0) is 18.6 Å². The number of benzene rings is 1. The van der Waals surface area contributed by atoms with E-state index in [0.717, 1.165) is 0 Å². The molecule has 1 aliphatic carbocycles. The highest BCUT2D eigenvalue weighted by Crippen LogP contribution is 2.52. The van der Waals surface area contributed by atoms with E-state index in [1.54, 1.807) is 37.5 Å². The molecule has 1 aromatic carbocycles. The summed E-state index contributed by atoms with van der Waals surface area (Å²) in [7, 11) is -4.28. The minimum atomic E-state index is -4.28. The van der Waals surface area contributed by atoms with Crippen molar-refractivity contribution in [1.82, 2.24) is 24.6 Å². The number of nitrogens with one attached hydrogen (secondary N) is 2. The SMILES string of the molecule is C=C1[C@H](CO[P@@](=O)(N[C@@H](C)C(=O)OC(C)C)Oc2cccc3c2OCO3)[C@@H](O)C[C@@H]1n1cnc2c(=O)[nH]c(C)nc21. The third kappa shape index (κ3) is 5.87. The van der Waals surface area contributed by atoms with Crippen LogP contribution in [0, 0.1) is 12.8 Å². The summed E-state index contributed by atoms with van der Waals surface area (Å²) in [6.45, 7) is 10.4. The Morgan fingerprint density at radius 3 is 2.88 bits per heavy atom. The minimum Gasteiger partial charge on any atom is -0.462 e. The van der Waals surface area contributed by atoms with Crippen molar-refractivity contribution in [1.29, 1.82) is 0 Å². The van der Waals surface area contributed by atoms with E-state index in [9.17, 15) is 19.3 Å². The van der Waals surface area contributed by atoms with Crippen LogP contribution in [0.5, 0.6) is 17.2 Å². The molecule has 3 heterocycles. The van der Waals surface area contributed by atoms with Gasteiger partial charge in [-0.25, -0.2) is 14.5 Å². The number of fused-ring (bicyclic) bond motifs is 2. The lowest BCUT2D eigenvalue weighted by molar-refractivity contribution is -0.149. The fourth-order valence-electron chi connectivity index (χ4n) is 4.81. The second-order valence-corrected chi connectivity index (χ2v) is 11.9. The van der Waals surface area contributed by atoms with Crippen LogP contribution in [0.1, 0.15) is 39.1 Å². The summed E-state index contributed by atoms with van der Waals surface area (Å²) in [5.74, 6) is -0.173. The third-order valence-electron chi connectivity index (χ3n) is 6.78. The predicted octanol–water partition coefficient (Wildman–Crippen LogP) is 2.77. The van der Waals surface area contributed by atoms with E-state index in [-0.39, 0.29) is 42.4 Å². The average molecular weight is 590 g/mol. The fourth-order valence-corrected chi connectivity index (χ4v) is 6.33. The van der Waals surface area contributed by atoms with Crippen molar-refractivity contribution < 1.29 is 37.7 Å². The molecule has 0 unspecified atom stereocenters. The van der Waals surface area contributed by atoms with E-state index >= 15 is 0 Å².